The van der Waals surface area contributed by atoms with Crippen molar-refractivity contribution in [3.63, 3.8) is 0 Å². The molecule has 0 radical (unpaired) electrons. The monoisotopic (exact) mass is 826 g/mol. The number of aryl methyl sites for hydroxylation is 2. The number of fused-ring (bicyclic) bond motifs is 1. The Balaban J connectivity index is 0. The number of carboxylic acid groups (broad SMARTS) is 1. The van der Waals surface area contributed by atoms with Gasteiger partial charge in [0.2, 0.25) is 0 Å². The summed E-state index contributed by atoms with van der Waals surface area (Å²) in [5.74, 6) is 5.49. The number of aldehydes is 1. The molecule has 0 saturated carbocycles. The van der Waals surface area contributed by atoms with Crippen LogP contribution in [0.2, 0.25) is 0 Å². The SMILES string of the molecule is CC.CC(C)C(C)C.CCC.CCC(C)C.CCCOc1ccc(C2CC(c3ccc4c(c3)OCCO4)CN2CC=O)cc1.CCc1ccccc1C.CSC(=O)O. The van der Waals surface area contributed by atoms with Gasteiger partial charge in [0.25, 0.3) is 0 Å². The molecular formula is C50H83NO6S. The molecule has 2 unspecified atom stereocenters. The second-order valence-corrected chi connectivity index (χ2v) is 15.9. The number of carbonyl (C=O) groups is 2. The fraction of sp³-hybridized carbons (Fsp3) is 0.600. The van der Waals surface area contributed by atoms with Gasteiger partial charge in [0.15, 0.2) is 11.5 Å². The second kappa shape index (κ2) is 35.5. The van der Waals surface area contributed by atoms with Crippen LogP contribution in [0.5, 0.6) is 17.2 Å². The Hall–Kier alpha value is -3.49. The zero-order chi connectivity index (χ0) is 44.5. The summed E-state index contributed by atoms with van der Waals surface area (Å²) in [5, 5.41) is 6.86. The largest absolute Gasteiger partial charge is 0.494 e. The predicted molar refractivity (Wildman–Crippen MR) is 252 cm³/mol. The van der Waals surface area contributed by atoms with Gasteiger partial charge in [-0.25, -0.2) is 4.79 Å². The van der Waals surface area contributed by atoms with Crippen molar-refractivity contribution in [2.75, 3.05) is 39.2 Å². The quantitative estimate of drug-likeness (QED) is 0.202. The van der Waals surface area contributed by atoms with E-state index >= 15 is 0 Å². The van der Waals surface area contributed by atoms with Gasteiger partial charge in [-0.3, -0.25) is 4.90 Å². The standard InChI is InChI=1S/C23H27NO4.C9H12.C6H14.C5H12.C3H8.C2H4O2S.C2H6/c1-2-11-26-20-6-3-17(4-7-20)21-14-19(16-24(21)9-10-25)18-5-8-22-23(15-18)28-13-12-27-22;1-3-9-7-5-4-6-8(9)2;1-5(2)6(3)4;1-4-5(2)3;1-3-2;1-5-2(3)4;1-2/h3-8,10,15,19,21H,2,9,11-14,16H2,1H3;4-7H,3H2,1-2H3;5-6H,1-4H3;5H,4H2,1-3H3;3H2,1-2H3;1H3,(H,3,4);1-2H3. The molecule has 7 nitrogen and oxygen atoms in total. The molecule has 1 saturated heterocycles. The average molecular weight is 826 g/mol. The van der Waals surface area contributed by atoms with Crippen LogP contribution in [-0.2, 0) is 11.2 Å². The molecule has 0 aliphatic carbocycles. The molecule has 58 heavy (non-hydrogen) atoms. The molecule has 2 aliphatic heterocycles. The van der Waals surface area contributed by atoms with Crippen molar-refractivity contribution in [3.05, 3.63) is 89.0 Å². The highest BCUT2D eigenvalue weighted by Crippen LogP contribution is 2.43. The smallest absolute Gasteiger partial charge is 0.364 e. The first-order valence-electron chi connectivity index (χ1n) is 21.8. The summed E-state index contributed by atoms with van der Waals surface area (Å²) in [6.07, 6.45) is 8.18. The molecule has 3 aromatic rings. The van der Waals surface area contributed by atoms with E-state index in [0.717, 1.165) is 85.5 Å². The summed E-state index contributed by atoms with van der Waals surface area (Å²) < 4.78 is 17.1. The van der Waals surface area contributed by atoms with E-state index in [1.165, 1.54) is 41.4 Å². The summed E-state index contributed by atoms with van der Waals surface area (Å²) in [5.41, 5.74) is 5.33. The highest BCUT2D eigenvalue weighted by molar-refractivity contribution is 8.12. The zero-order valence-electron chi connectivity index (χ0n) is 39.2. The first-order valence-corrected chi connectivity index (χ1v) is 23.1. The van der Waals surface area contributed by atoms with Crippen LogP contribution in [0.25, 0.3) is 0 Å². The minimum atomic E-state index is -0.829. The van der Waals surface area contributed by atoms with Crippen molar-refractivity contribution in [2.45, 2.75) is 141 Å². The summed E-state index contributed by atoms with van der Waals surface area (Å²) >= 11 is 0.796. The Morgan fingerprint density at radius 3 is 1.81 bits per heavy atom. The molecule has 0 spiro atoms. The number of benzene rings is 3. The van der Waals surface area contributed by atoms with Crippen LogP contribution < -0.4 is 14.2 Å². The van der Waals surface area contributed by atoms with E-state index < -0.39 is 5.30 Å². The van der Waals surface area contributed by atoms with Gasteiger partial charge in [-0.1, -0.05) is 145 Å². The van der Waals surface area contributed by atoms with E-state index in [2.05, 4.69) is 137 Å². The topological polar surface area (TPSA) is 85.3 Å². The number of nitrogens with zero attached hydrogens (tertiary/aromatic N) is 1. The molecule has 0 amide bonds. The number of likely N-dealkylation sites (tertiary alicyclic amines) is 1. The molecule has 1 N–H and O–H groups in total. The summed E-state index contributed by atoms with van der Waals surface area (Å²) in [7, 11) is 0. The Kier molecular flexibility index (Phi) is 34.6. The first kappa shape index (κ1) is 56.6. The first-order chi connectivity index (χ1) is 27.7. The third-order valence-corrected chi connectivity index (χ3v) is 9.80. The molecule has 0 bridgehead atoms. The van der Waals surface area contributed by atoms with E-state index in [9.17, 15) is 9.59 Å². The fourth-order valence-electron chi connectivity index (χ4n) is 5.12. The zero-order valence-corrected chi connectivity index (χ0v) is 40.0. The molecule has 8 heteroatoms. The second-order valence-electron chi connectivity index (χ2n) is 15.1. The fourth-order valence-corrected chi connectivity index (χ4v) is 5.12. The van der Waals surface area contributed by atoms with Gasteiger partial charge in [-0.15, -0.1) is 0 Å². The Labute approximate surface area is 360 Å². The molecule has 2 heterocycles. The van der Waals surface area contributed by atoms with Crippen molar-refractivity contribution < 1.29 is 28.9 Å². The number of hydrogen-bond donors (Lipinski definition) is 1. The lowest BCUT2D eigenvalue weighted by Crippen LogP contribution is -2.25. The van der Waals surface area contributed by atoms with Crippen molar-refractivity contribution in [3.8, 4) is 17.2 Å². The van der Waals surface area contributed by atoms with E-state index in [-0.39, 0.29) is 6.04 Å². The Morgan fingerprint density at radius 1 is 0.862 bits per heavy atom. The van der Waals surface area contributed by atoms with E-state index in [1.54, 1.807) is 0 Å². The van der Waals surface area contributed by atoms with Crippen LogP contribution in [0, 0.1) is 24.7 Å². The van der Waals surface area contributed by atoms with Crippen molar-refractivity contribution in [1.29, 1.82) is 0 Å². The molecular weight excluding hydrogens is 743 g/mol. The third-order valence-electron chi connectivity index (χ3n) is 9.45. The molecule has 1 fully saturated rings. The van der Waals surface area contributed by atoms with Crippen molar-refractivity contribution in [2.24, 2.45) is 17.8 Å². The number of ether oxygens (including phenoxy) is 3. The van der Waals surface area contributed by atoms with Gasteiger partial charge in [0, 0.05) is 12.6 Å². The maximum Gasteiger partial charge on any atom is 0.364 e. The lowest BCUT2D eigenvalue weighted by Gasteiger charge is -2.22. The van der Waals surface area contributed by atoms with E-state index in [0.29, 0.717) is 25.7 Å². The van der Waals surface area contributed by atoms with Gasteiger partial charge in [-0.2, -0.15) is 0 Å². The number of rotatable bonds is 10. The van der Waals surface area contributed by atoms with Crippen LogP contribution in [0.1, 0.15) is 150 Å². The van der Waals surface area contributed by atoms with Gasteiger partial charge in [-0.05, 0) is 114 Å². The third kappa shape index (κ3) is 25.1. The molecule has 0 aromatic heterocycles. The maximum atomic E-state index is 11.2. The molecule has 3 aromatic carbocycles. The van der Waals surface area contributed by atoms with Gasteiger partial charge in [0.1, 0.15) is 25.2 Å². The minimum absolute atomic E-state index is 0.226. The lowest BCUT2D eigenvalue weighted by molar-refractivity contribution is -0.109. The Morgan fingerprint density at radius 2 is 1.38 bits per heavy atom. The normalized spacial score (nSPS) is 14.9. The molecule has 2 aliphatic rings. The van der Waals surface area contributed by atoms with Gasteiger partial charge < -0.3 is 24.1 Å². The van der Waals surface area contributed by atoms with E-state index in [4.69, 9.17) is 19.3 Å². The Bertz CT molecular complexity index is 1440. The van der Waals surface area contributed by atoms with Crippen LogP contribution in [-0.4, -0.2) is 60.8 Å². The molecule has 330 valence electrons. The maximum absolute atomic E-state index is 11.2. The minimum Gasteiger partial charge on any atom is -0.494 e. The molecule has 2 atom stereocenters. The van der Waals surface area contributed by atoms with Crippen molar-refractivity contribution >= 4 is 23.3 Å². The highest BCUT2D eigenvalue weighted by Gasteiger charge is 2.34. The van der Waals surface area contributed by atoms with Crippen LogP contribution in [0.4, 0.5) is 4.79 Å². The molecule has 5 rings (SSSR count). The average Bonchev–Trinajstić information content (AvgIpc) is 3.66. The van der Waals surface area contributed by atoms with Crippen LogP contribution >= 0.6 is 11.8 Å². The number of hydrogen-bond acceptors (Lipinski definition) is 7. The highest BCUT2D eigenvalue weighted by atomic mass is 32.2. The number of carbonyl (C=O) groups excluding carboxylic acids is 1. The van der Waals surface area contributed by atoms with Crippen molar-refractivity contribution in [1.82, 2.24) is 4.90 Å². The number of thioether (sulfide) groups is 1. The predicted octanol–water partition coefficient (Wildman–Crippen LogP) is 14.4. The summed E-state index contributed by atoms with van der Waals surface area (Å²) in [6.45, 7) is 33.5. The van der Waals surface area contributed by atoms with Crippen LogP contribution in [0.3, 0.4) is 0 Å². The van der Waals surface area contributed by atoms with E-state index in [1.807, 2.05) is 32.0 Å². The van der Waals surface area contributed by atoms with Gasteiger partial charge >= 0.3 is 5.30 Å². The summed E-state index contributed by atoms with van der Waals surface area (Å²) in [4.78, 5) is 22.8. The van der Waals surface area contributed by atoms with Crippen LogP contribution in [0.15, 0.2) is 66.7 Å². The van der Waals surface area contributed by atoms with Gasteiger partial charge in [0.05, 0.1) is 13.2 Å². The summed E-state index contributed by atoms with van der Waals surface area (Å²) in [6, 6.07) is 23.3. The lowest BCUT2D eigenvalue weighted by atomic mass is 9.93.